The van der Waals surface area contributed by atoms with Crippen LogP contribution in [0.2, 0.25) is 0 Å². The number of nitrogens with zero attached hydrogens (tertiary/aromatic N) is 2. The van der Waals surface area contributed by atoms with Crippen LogP contribution in [0, 0.1) is 0 Å². The molecule has 10 heavy (non-hydrogen) atoms. The Balaban J connectivity index is 2.24. The topological polar surface area (TPSA) is 38.7 Å². The maximum Gasteiger partial charge on any atom is 0.0373 e. The van der Waals surface area contributed by atoms with Crippen molar-refractivity contribution >= 4 is 0 Å². The van der Waals surface area contributed by atoms with Gasteiger partial charge in [-0.25, -0.2) is 5.01 Å². The lowest BCUT2D eigenvalue weighted by molar-refractivity contribution is -0.245. The molecule has 0 aromatic heterocycles. The lowest BCUT2D eigenvalue weighted by Crippen LogP contribution is -2.51. The van der Waals surface area contributed by atoms with E-state index < -0.39 is 0 Å². The van der Waals surface area contributed by atoms with E-state index in [0.29, 0.717) is 6.54 Å². The van der Waals surface area contributed by atoms with Crippen LogP contribution >= 0.6 is 0 Å². The van der Waals surface area contributed by atoms with Gasteiger partial charge in [-0.05, 0) is 6.92 Å². The quantitative estimate of drug-likeness (QED) is 0.515. The zero-order valence-electron chi connectivity index (χ0n) is 6.38. The van der Waals surface area contributed by atoms with E-state index in [9.17, 15) is 5.21 Å². The molecular formula is C6H15N3O. The zero-order valence-corrected chi connectivity index (χ0v) is 6.38. The first-order valence-corrected chi connectivity index (χ1v) is 3.76. The number of hydroxylamine groups is 1. The zero-order chi connectivity index (χ0) is 7.40. The third kappa shape index (κ3) is 1.91. The Bertz CT molecular complexity index is 93.0. The van der Waals surface area contributed by atoms with Crippen LogP contribution in [0.1, 0.15) is 6.92 Å². The molecule has 0 bridgehead atoms. The van der Waals surface area contributed by atoms with Crippen LogP contribution in [0.5, 0.6) is 0 Å². The maximum atomic E-state index is 9.21. The fourth-order valence-electron chi connectivity index (χ4n) is 1.08. The average Bonchev–Trinajstić information content (AvgIpc) is 2.05. The van der Waals surface area contributed by atoms with Crippen molar-refractivity contribution in [1.29, 1.82) is 0 Å². The summed E-state index contributed by atoms with van der Waals surface area (Å²) in [6.07, 6.45) is 0. The van der Waals surface area contributed by atoms with Crippen molar-refractivity contribution in [3.63, 3.8) is 0 Å². The fraction of sp³-hybridized carbons (Fsp3) is 1.00. The van der Waals surface area contributed by atoms with E-state index in [1.165, 1.54) is 5.17 Å². The third-order valence-corrected chi connectivity index (χ3v) is 1.70. The molecule has 60 valence electrons. The fourth-order valence-corrected chi connectivity index (χ4v) is 1.08. The van der Waals surface area contributed by atoms with Gasteiger partial charge in [-0.1, -0.05) is 0 Å². The first kappa shape index (κ1) is 7.94. The van der Waals surface area contributed by atoms with Crippen LogP contribution < -0.4 is 5.32 Å². The predicted molar refractivity (Wildman–Crippen MR) is 38.6 cm³/mol. The molecule has 0 radical (unpaired) electrons. The Hall–Kier alpha value is -0.160. The molecule has 1 heterocycles. The second kappa shape index (κ2) is 3.88. The first-order chi connectivity index (χ1) is 4.84. The Labute approximate surface area is 61.3 Å². The number of hydrazine groups is 1. The maximum absolute atomic E-state index is 9.21. The van der Waals surface area contributed by atoms with Crippen LogP contribution in [0.3, 0.4) is 0 Å². The smallest absolute Gasteiger partial charge is 0.0373 e. The normalized spacial score (nSPS) is 21.9. The molecule has 0 aliphatic carbocycles. The number of piperazine rings is 1. The summed E-state index contributed by atoms with van der Waals surface area (Å²) in [6.45, 7) is 6.35. The van der Waals surface area contributed by atoms with Crippen LogP contribution in [-0.4, -0.2) is 48.1 Å². The number of hydrogen-bond donors (Lipinski definition) is 2. The monoisotopic (exact) mass is 145 g/mol. The summed E-state index contributed by atoms with van der Waals surface area (Å²) in [5.74, 6) is 0. The van der Waals surface area contributed by atoms with Gasteiger partial charge in [0.25, 0.3) is 0 Å². The Morgan fingerprint density at radius 2 is 2.10 bits per heavy atom. The molecule has 1 aliphatic rings. The summed E-state index contributed by atoms with van der Waals surface area (Å²) >= 11 is 0. The van der Waals surface area contributed by atoms with Gasteiger partial charge in [0.05, 0.1) is 0 Å². The Morgan fingerprint density at radius 3 is 2.60 bits per heavy atom. The second-order valence-electron chi connectivity index (χ2n) is 2.39. The Kier molecular flexibility index (Phi) is 3.08. The second-order valence-corrected chi connectivity index (χ2v) is 2.39. The summed E-state index contributed by atoms with van der Waals surface area (Å²) in [6, 6.07) is 0. The summed E-state index contributed by atoms with van der Waals surface area (Å²) in [5.41, 5.74) is 0. The molecule has 0 aromatic rings. The van der Waals surface area contributed by atoms with Crippen molar-refractivity contribution in [3.05, 3.63) is 0 Å². The van der Waals surface area contributed by atoms with Gasteiger partial charge >= 0.3 is 0 Å². The van der Waals surface area contributed by atoms with Crippen LogP contribution in [0.4, 0.5) is 0 Å². The molecular weight excluding hydrogens is 130 g/mol. The number of rotatable bonds is 2. The first-order valence-electron chi connectivity index (χ1n) is 3.76. The van der Waals surface area contributed by atoms with Gasteiger partial charge in [-0.2, -0.15) is 0 Å². The molecule has 1 rings (SSSR count). The van der Waals surface area contributed by atoms with Crippen molar-refractivity contribution in [3.8, 4) is 0 Å². The summed E-state index contributed by atoms with van der Waals surface area (Å²) < 4.78 is 0. The minimum absolute atomic E-state index is 0.667. The SMILES string of the molecule is CCN(O)N1CCNCC1. The van der Waals surface area contributed by atoms with Gasteiger partial charge in [0.1, 0.15) is 0 Å². The van der Waals surface area contributed by atoms with Crippen molar-refractivity contribution in [2.75, 3.05) is 32.7 Å². The standard InChI is InChI=1S/C6H15N3O/c1-2-9(10)8-5-3-7-4-6-8/h7,10H,2-6H2,1H3. The van der Waals surface area contributed by atoms with Crippen LogP contribution in [0.15, 0.2) is 0 Å². The van der Waals surface area contributed by atoms with E-state index in [0.717, 1.165) is 26.2 Å². The van der Waals surface area contributed by atoms with E-state index >= 15 is 0 Å². The number of nitrogens with one attached hydrogen (secondary N) is 1. The van der Waals surface area contributed by atoms with Gasteiger partial charge < -0.3 is 5.32 Å². The van der Waals surface area contributed by atoms with E-state index in [1.54, 1.807) is 0 Å². The molecule has 1 saturated heterocycles. The van der Waals surface area contributed by atoms with Gasteiger partial charge in [-0.3, -0.25) is 5.21 Å². The average molecular weight is 145 g/mol. The van der Waals surface area contributed by atoms with Crippen molar-refractivity contribution in [2.24, 2.45) is 0 Å². The van der Waals surface area contributed by atoms with Crippen molar-refractivity contribution < 1.29 is 5.21 Å². The molecule has 0 spiro atoms. The summed E-state index contributed by atoms with van der Waals surface area (Å²) in [4.78, 5) is 0. The highest BCUT2D eigenvalue weighted by Gasteiger charge is 2.13. The largest absolute Gasteiger partial charge is 0.314 e. The van der Waals surface area contributed by atoms with Crippen molar-refractivity contribution in [1.82, 2.24) is 15.5 Å². The van der Waals surface area contributed by atoms with E-state index in [-0.39, 0.29) is 0 Å². The highest BCUT2D eigenvalue weighted by Crippen LogP contribution is 1.94. The van der Waals surface area contributed by atoms with Crippen LogP contribution in [0.25, 0.3) is 0 Å². The van der Waals surface area contributed by atoms with Crippen LogP contribution in [-0.2, 0) is 0 Å². The van der Waals surface area contributed by atoms with Gasteiger partial charge in [0.2, 0.25) is 0 Å². The molecule has 2 N–H and O–H groups in total. The van der Waals surface area contributed by atoms with E-state index in [2.05, 4.69) is 5.32 Å². The predicted octanol–water partition coefficient (Wildman–Crippen LogP) is -0.482. The lowest BCUT2D eigenvalue weighted by atomic mass is 10.4. The Morgan fingerprint density at radius 1 is 1.50 bits per heavy atom. The van der Waals surface area contributed by atoms with Gasteiger partial charge in [-0.15, -0.1) is 5.17 Å². The number of hydrogen-bond acceptors (Lipinski definition) is 4. The highest BCUT2D eigenvalue weighted by molar-refractivity contribution is 4.62. The molecule has 1 fully saturated rings. The van der Waals surface area contributed by atoms with Gasteiger partial charge in [0, 0.05) is 32.7 Å². The molecule has 4 nitrogen and oxygen atoms in total. The van der Waals surface area contributed by atoms with E-state index in [4.69, 9.17) is 0 Å². The summed E-state index contributed by atoms with van der Waals surface area (Å²) in [5, 5.41) is 15.6. The van der Waals surface area contributed by atoms with Gasteiger partial charge in [0.15, 0.2) is 0 Å². The minimum Gasteiger partial charge on any atom is -0.314 e. The highest BCUT2D eigenvalue weighted by atomic mass is 16.5. The lowest BCUT2D eigenvalue weighted by Gasteiger charge is -2.32. The molecule has 0 unspecified atom stereocenters. The van der Waals surface area contributed by atoms with Crippen molar-refractivity contribution in [2.45, 2.75) is 6.92 Å². The summed E-state index contributed by atoms with van der Waals surface area (Å²) in [7, 11) is 0. The molecule has 0 amide bonds. The molecule has 4 heteroatoms. The molecule has 0 saturated carbocycles. The van der Waals surface area contributed by atoms with E-state index in [1.807, 2.05) is 11.9 Å². The molecule has 0 aromatic carbocycles. The third-order valence-electron chi connectivity index (χ3n) is 1.70. The molecule has 0 atom stereocenters. The minimum atomic E-state index is 0.667. The molecule has 1 aliphatic heterocycles.